The van der Waals surface area contributed by atoms with Crippen molar-refractivity contribution in [1.29, 1.82) is 0 Å². The third-order valence-corrected chi connectivity index (χ3v) is 5.91. The molecule has 0 bridgehead atoms. The monoisotopic (exact) mass is 437 g/mol. The van der Waals surface area contributed by atoms with E-state index in [0.29, 0.717) is 19.1 Å². The minimum absolute atomic E-state index is 0.108. The average molecular weight is 438 g/mol. The Hall–Kier alpha value is -4.06. The van der Waals surface area contributed by atoms with Gasteiger partial charge in [0.25, 0.3) is 0 Å². The first-order valence-corrected chi connectivity index (χ1v) is 11.2. The number of hydrogen-bond acceptors (Lipinski definition) is 3. The Labute approximate surface area is 193 Å². The number of guanidine groups is 1. The molecule has 166 valence electrons. The van der Waals surface area contributed by atoms with Gasteiger partial charge in [-0.2, -0.15) is 0 Å². The third-order valence-electron chi connectivity index (χ3n) is 5.91. The standard InChI is InChI=1S/C27H27N5O/c28-27(31-25-13-16-33-26-8-4-3-7-24(25)26)30-17-22-5-1-2-6-23(22)21-11-9-20(10-12-21)18-32-15-14-29-19-32/h1-12,14-15,19,25H,13,16-18H2,(H3,28,30,31). The number of nitrogens with two attached hydrogens (primary N) is 1. The second-order valence-corrected chi connectivity index (χ2v) is 8.16. The molecule has 0 radical (unpaired) electrons. The van der Waals surface area contributed by atoms with Crippen LogP contribution in [-0.2, 0) is 13.1 Å². The molecule has 4 aromatic rings. The van der Waals surface area contributed by atoms with E-state index in [1.165, 1.54) is 16.7 Å². The number of aliphatic imine (C=N–C) groups is 1. The summed E-state index contributed by atoms with van der Waals surface area (Å²) >= 11 is 0. The highest BCUT2D eigenvalue weighted by atomic mass is 16.5. The summed E-state index contributed by atoms with van der Waals surface area (Å²) in [5.74, 6) is 1.36. The van der Waals surface area contributed by atoms with E-state index in [1.807, 2.05) is 36.8 Å². The van der Waals surface area contributed by atoms with Crippen LogP contribution in [0.3, 0.4) is 0 Å². The zero-order valence-electron chi connectivity index (χ0n) is 18.4. The summed E-state index contributed by atoms with van der Waals surface area (Å²) in [5, 5.41) is 3.37. The maximum atomic E-state index is 6.27. The number of fused-ring (bicyclic) bond motifs is 1. The molecular formula is C27H27N5O. The lowest BCUT2D eigenvalue weighted by Crippen LogP contribution is -2.37. The van der Waals surface area contributed by atoms with Crippen molar-refractivity contribution < 1.29 is 4.74 Å². The van der Waals surface area contributed by atoms with Crippen molar-refractivity contribution in [2.75, 3.05) is 6.61 Å². The highest BCUT2D eigenvalue weighted by Crippen LogP contribution is 2.31. The first kappa shape index (κ1) is 20.8. The maximum absolute atomic E-state index is 6.27. The van der Waals surface area contributed by atoms with Gasteiger partial charge >= 0.3 is 0 Å². The van der Waals surface area contributed by atoms with Crippen LogP contribution in [0.4, 0.5) is 0 Å². The van der Waals surface area contributed by atoms with Gasteiger partial charge in [0.15, 0.2) is 5.96 Å². The van der Waals surface area contributed by atoms with Gasteiger partial charge in [-0.25, -0.2) is 9.98 Å². The summed E-state index contributed by atoms with van der Waals surface area (Å²) in [7, 11) is 0. The Morgan fingerprint density at radius 1 is 1.06 bits per heavy atom. The molecule has 3 aromatic carbocycles. The van der Waals surface area contributed by atoms with Crippen molar-refractivity contribution in [2.24, 2.45) is 10.7 Å². The van der Waals surface area contributed by atoms with Gasteiger partial charge in [0, 0.05) is 30.9 Å². The smallest absolute Gasteiger partial charge is 0.189 e. The van der Waals surface area contributed by atoms with Gasteiger partial charge in [-0.3, -0.25) is 0 Å². The second kappa shape index (κ2) is 9.61. The quantitative estimate of drug-likeness (QED) is 0.343. The lowest BCUT2D eigenvalue weighted by molar-refractivity contribution is 0.262. The van der Waals surface area contributed by atoms with Crippen molar-refractivity contribution in [3.8, 4) is 16.9 Å². The number of rotatable bonds is 6. The fourth-order valence-electron chi connectivity index (χ4n) is 4.21. The first-order chi connectivity index (χ1) is 16.3. The molecule has 1 aliphatic heterocycles. The summed E-state index contributed by atoms with van der Waals surface area (Å²) in [4.78, 5) is 8.75. The first-order valence-electron chi connectivity index (χ1n) is 11.2. The number of aromatic nitrogens is 2. The molecule has 0 fully saturated rings. The van der Waals surface area contributed by atoms with Crippen LogP contribution in [0.2, 0.25) is 0 Å². The molecule has 1 unspecified atom stereocenters. The van der Waals surface area contributed by atoms with E-state index in [1.54, 1.807) is 6.20 Å². The van der Waals surface area contributed by atoms with E-state index < -0.39 is 0 Å². The van der Waals surface area contributed by atoms with Crippen LogP contribution in [0.25, 0.3) is 11.1 Å². The molecule has 0 saturated heterocycles. The number of para-hydroxylation sites is 1. The van der Waals surface area contributed by atoms with Gasteiger partial charge in [0.05, 0.1) is 25.5 Å². The van der Waals surface area contributed by atoms with E-state index >= 15 is 0 Å². The van der Waals surface area contributed by atoms with E-state index in [2.05, 4.69) is 68.4 Å². The topological polar surface area (TPSA) is 77.5 Å². The zero-order chi connectivity index (χ0) is 22.5. The van der Waals surface area contributed by atoms with Crippen molar-refractivity contribution in [3.63, 3.8) is 0 Å². The molecule has 2 heterocycles. The van der Waals surface area contributed by atoms with Crippen molar-refractivity contribution >= 4 is 5.96 Å². The molecule has 6 nitrogen and oxygen atoms in total. The third kappa shape index (κ3) is 4.90. The van der Waals surface area contributed by atoms with Crippen LogP contribution >= 0.6 is 0 Å². The van der Waals surface area contributed by atoms with Crippen molar-refractivity contribution in [2.45, 2.75) is 25.6 Å². The predicted octanol–water partition coefficient (Wildman–Crippen LogP) is 4.53. The Morgan fingerprint density at radius 3 is 2.73 bits per heavy atom. The fraction of sp³-hybridized carbons (Fsp3) is 0.185. The molecular weight excluding hydrogens is 410 g/mol. The average Bonchev–Trinajstić information content (AvgIpc) is 3.37. The molecule has 1 aromatic heterocycles. The van der Waals surface area contributed by atoms with Crippen molar-refractivity contribution in [3.05, 3.63) is 108 Å². The summed E-state index contributed by atoms with van der Waals surface area (Å²) in [6.07, 6.45) is 6.46. The lowest BCUT2D eigenvalue weighted by Gasteiger charge is -2.27. The number of ether oxygens (including phenoxy) is 1. The van der Waals surface area contributed by atoms with Crippen LogP contribution in [0, 0.1) is 0 Å². The minimum atomic E-state index is 0.108. The molecule has 1 atom stereocenters. The maximum Gasteiger partial charge on any atom is 0.189 e. The Bertz CT molecular complexity index is 1230. The summed E-state index contributed by atoms with van der Waals surface area (Å²) < 4.78 is 7.80. The molecule has 0 amide bonds. The predicted molar refractivity (Wildman–Crippen MR) is 131 cm³/mol. The molecule has 0 aliphatic carbocycles. The highest BCUT2D eigenvalue weighted by molar-refractivity contribution is 5.79. The SMILES string of the molecule is NC(=NCc1ccccc1-c1ccc(Cn2ccnc2)cc1)NC1CCOc2ccccc21. The van der Waals surface area contributed by atoms with Crippen LogP contribution in [-0.4, -0.2) is 22.1 Å². The summed E-state index contributed by atoms with van der Waals surface area (Å²) in [6.45, 7) is 1.99. The molecule has 1 aliphatic rings. The summed E-state index contributed by atoms with van der Waals surface area (Å²) in [6, 6.07) is 25.2. The normalized spacial score (nSPS) is 15.5. The molecule has 6 heteroatoms. The van der Waals surface area contributed by atoms with E-state index in [0.717, 1.165) is 29.8 Å². The molecule has 0 saturated carbocycles. The molecule has 5 rings (SSSR count). The molecule has 3 N–H and O–H groups in total. The Morgan fingerprint density at radius 2 is 1.88 bits per heavy atom. The fourth-order valence-corrected chi connectivity index (χ4v) is 4.21. The lowest BCUT2D eigenvalue weighted by atomic mass is 9.98. The van der Waals surface area contributed by atoms with Gasteiger partial charge in [-0.1, -0.05) is 66.7 Å². The van der Waals surface area contributed by atoms with Crippen LogP contribution in [0.15, 0.2) is 96.5 Å². The van der Waals surface area contributed by atoms with E-state index in [-0.39, 0.29) is 6.04 Å². The van der Waals surface area contributed by atoms with Gasteiger partial charge < -0.3 is 20.4 Å². The highest BCUT2D eigenvalue weighted by Gasteiger charge is 2.21. The molecule has 0 spiro atoms. The van der Waals surface area contributed by atoms with Gasteiger partial charge in [-0.15, -0.1) is 0 Å². The van der Waals surface area contributed by atoms with E-state index in [4.69, 9.17) is 10.5 Å². The summed E-state index contributed by atoms with van der Waals surface area (Å²) in [5.41, 5.74) is 12.1. The van der Waals surface area contributed by atoms with Gasteiger partial charge in [0.1, 0.15) is 5.75 Å². The number of nitrogens with zero attached hydrogens (tertiary/aromatic N) is 3. The van der Waals surface area contributed by atoms with Crippen LogP contribution in [0.5, 0.6) is 5.75 Å². The Kier molecular flexibility index (Phi) is 6.06. The minimum Gasteiger partial charge on any atom is -0.493 e. The number of hydrogen-bond donors (Lipinski definition) is 2. The van der Waals surface area contributed by atoms with Gasteiger partial charge in [-0.05, 0) is 28.3 Å². The van der Waals surface area contributed by atoms with E-state index in [9.17, 15) is 0 Å². The van der Waals surface area contributed by atoms with Crippen molar-refractivity contribution in [1.82, 2.24) is 14.9 Å². The van der Waals surface area contributed by atoms with Crippen LogP contribution < -0.4 is 15.8 Å². The largest absolute Gasteiger partial charge is 0.493 e. The Balaban J connectivity index is 1.29. The number of imidazole rings is 1. The number of nitrogens with one attached hydrogen (secondary N) is 1. The van der Waals surface area contributed by atoms with Gasteiger partial charge in [0.2, 0.25) is 0 Å². The second-order valence-electron chi connectivity index (χ2n) is 8.16. The number of benzene rings is 3. The van der Waals surface area contributed by atoms with Crippen LogP contribution in [0.1, 0.15) is 29.2 Å². The zero-order valence-corrected chi connectivity index (χ0v) is 18.4. The molecule has 33 heavy (non-hydrogen) atoms.